The summed E-state index contributed by atoms with van der Waals surface area (Å²) in [6, 6.07) is 0.207. The standard InChI is InChI=1S/C18H31N9.HI/c1-5-19-18(20-11-16(25(2)3)15-10-23-26(4)12-15)27-8-6-14(7-9-27)17-21-13-22-24-17;/h10,12-14,16H,5-9,11H2,1-4H3,(H,19,20)(H,21,22,24);1H. The number of aliphatic imine (C=N–C) groups is 1. The van der Waals surface area contributed by atoms with Crippen LogP contribution in [0, 0.1) is 0 Å². The molecular weight excluding hydrogens is 469 g/mol. The van der Waals surface area contributed by atoms with Crippen LogP contribution in [0.15, 0.2) is 23.7 Å². The maximum absolute atomic E-state index is 4.95. The zero-order valence-electron chi connectivity index (χ0n) is 17.2. The maximum Gasteiger partial charge on any atom is 0.193 e. The molecule has 1 saturated heterocycles. The fraction of sp³-hybridized carbons (Fsp3) is 0.667. The molecule has 0 aromatic carbocycles. The van der Waals surface area contributed by atoms with Crippen molar-refractivity contribution in [2.24, 2.45) is 12.0 Å². The molecule has 10 heteroatoms. The van der Waals surface area contributed by atoms with E-state index in [-0.39, 0.29) is 30.0 Å². The van der Waals surface area contributed by atoms with Crippen molar-refractivity contribution < 1.29 is 0 Å². The largest absolute Gasteiger partial charge is 0.357 e. The maximum atomic E-state index is 4.95. The summed E-state index contributed by atoms with van der Waals surface area (Å²) in [6.45, 7) is 5.61. The summed E-state index contributed by atoms with van der Waals surface area (Å²) in [5.41, 5.74) is 1.19. The highest BCUT2D eigenvalue weighted by atomic mass is 127. The van der Waals surface area contributed by atoms with E-state index in [1.165, 1.54) is 5.56 Å². The lowest BCUT2D eigenvalue weighted by Gasteiger charge is -2.34. The zero-order valence-corrected chi connectivity index (χ0v) is 19.5. The molecule has 0 bridgehead atoms. The third kappa shape index (κ3) is 5.66. The van der Waals surface area contributed by atoms with E-state index in [2.05, 4.69) is 62.6 Å². The SMILES string of the molecule is CCNC(=NCC(c1cnn(C)c1)N(C)C)N1CCC(c2ncn[nH]2)CC1.I. The molecular formula is C18H32IN9. The fourth-order valence-corrected chi connectivity index (χ4v) is 3.55. The number of aromatic nitrogens is 5. The fourth-order valence-electron chi connectivity index (χ4n) is 3.55. The molecule has 1 atom stereocenters. The van der Waals surface area contributed by atoms with Crippen molar-refractivity contribution in [1.82, 2.24) is 40.1 Å². The van der Waals surface area contributed by atoms with Gasteiger partial charge in [0.15, 0.2) is 5.96 Å². The zero-order chi connectivity index (χ0) is 19.2. The number of likely N-dealkylation sites (tertiary alicyclic amines) is 1. The van der Waals surface area contributed by atoms with E-state index < -0.39 is 0 Å². The average molecular weight is 501 g/mol. The van der Waals surface area contributed by atoms with Crippen molar-refractivity contribution in [3.8, 4) is 0 Å². The molecule has 3 rings (SSSR count). The van der Waals surface area contributed by atoms with Crippen molar-refractivity contribution in [1.29, 1.82) is 0 Å². The molecule has 1 aliphatic rings. The minimum absolute atomic E-state index is 0. The number of H-pyrrole nitrogens is 1. The second kappa shape index (κ2) is 10.7. The molecule has 0 amide bonds. The lowest BCUT2D eigenvalue weighted by Crippen LogP contribution is -2.45. The minimum Gasteiger partial charge on any atom is -0.357 e. The highest BCUT2D eigenvalue weighted by molar-refractivity contribution is 14.0. The van der Waals surface area contributed by atoms with Crippen LogP contribution in [0.5, 0.6) is 0 Å². The molecule has 0 radical (unpaired) electrons. The number of likely N-dealkylation sites (N-methyl/N-ethyl adjacent to an activating group) is 1. The summed E-state index contributed by atoms with van der Waals surface area (Å²) >= 11 is 0. The first kappa shape index (κ1) is 22.6. The first-order valence-corrected chi connectivity index (χ1v) is 9.62. The molecule has 0 spiro atoms. The van der Waals surface area contributed by atoms with Gasteiger partial charge in [-0.25, -0.2) is 4.98 Å². The van der Waals surface area contributed by atoms with Gasteiger partial charge < -0.3 is 15.1 Å². The van der Waals surface area contributed by atoms with E-state index in [9.17, 15) is 0 Å². The van der Waals surface area contributed by atoms with E-state index in [1.54, 1.807) is 6.33 Å². The van der Waals surface area contributed by atoms with Crippen molar-refractivity contribution in [2.45, 2.75) is 31.7 Å². The Morgan fingerprint density at radius 2 is 2.14 bits per heavy atom. The summed E-state index contributed by atoms with van der Waals surface area (Å²) in [6.07, 6.45) is 7.69. The van der Waals surface area contributed by atoms with E-state index in [4.69, 9.17) is 4.99 Å². The smallest absolute Gasteiger partial charge is 0.193 e. The van der Waals surface area contributed by atoms with Gasteiger partial charge >= 0.3 is 0 Å². The van der Waals surface area contributed by atoms with Crippen LogP contribution in [-0.4, -0.2) is 81.0 Å². The van der Waals surface area contributed by atoms with Crippen molar-refractivity contribution in [2.75, 3.05) is 40.3 Å². The third-order valence-corrected chi connectivity index (χ3v) is 5.10. The van der Waals surface area contributed by atoms with Crippen LogP contribution < -0.4 is 5.32 Å². The molecule has 3 heterocycles. The molecule has 156 valence electrons. The van der Waals surface area contributed by atoms with Gasteiger partial charge in [0.05, 0.1) is 18.8 Å². The van der Waals surface area contributed by atoms with Crippen molar-refractivity contribution in [3.05, 3.63) is 30.1 Å². The number of nitrogens with zero attached hydrogens (tertiary/aromatic N) is 7. The number of rotatable bonds is 6. The van der Waals surface area contributed by atoms with E-state index in [0.717, 1.165) is 44.3 Å². The molecule has 2 N–H and O–H groups in total. The first-order valence-electron chi connectivity index (χ1n) is 9.62. The van der Waals surface area contributed by atoms with Crippen molar-refractivity contribution >= 4 is 29.9 Å². The average Bonchev–Trinajstić information content (AvgIpc) is 3.33. The molecule has 0 aliphatic carbocycles. The number of aromatic amines is 1. The van der Waals surface area contributed by atoms with Crippen LogP contribution in [-0.2, 0) is 7.05 Å². The number of nitrogens with one attached hydrogen (secondary N) is 2. The van der Waals surface area contributed by atoms with Gasteiger partial charge in [-0.05, 0) is 33.9 Å². The van der Waals surface area contributed by atoms with E-state index in [1.807, 2.05) is 17.9 Å². The first-order chi connectivity index (χ1) is 13.1. The van der Waals surface area contributed by atoms with Crippen LogP contribution in [0.1, 0.15) is 43.1 Å². The van der Waals surface area contributed by atoms with Crippen LogP contribution in [0.25, 0.3) is 0 Å². The highest BCUT2D eigenvalue weighted by Gasteiger charge is 2.25. The number of aryl methyl sites for hydroxylation is 1. The predicted molar refractivity (Wildman–Crippen MR) is 121 cm³/mol. The second-order valence-corrected chi connectivity index (χ2v) is 7.25. The van der Waals surface area contributed by atoms with Gasteiger partial charge in [-0.3, -0.25) is 14.8 Å². The minimum atomic E-state index is 0. The Bertz CT molecular complexity index is 717. The van der Waals surface area contributed by atoms with Gasteiger partial charge in [0.2, 0.25) is 0 Å². The van der Waals surface area contributed by atoms with Crippen LogP contribution in [0.4, 0.5) is 0 Å². The van der Waals surface area contributed by atoms with Crippen LogP contribution in [0.2, 0.25) is 0 Å². The monoisotopic (exact) mass is 501 g/mol. The van der Waals surface area contributed by atoms with Crippen LogP contribution in [0.3, 0.4) is 0 Å². The van der Waals surface area contributed by atoms with Crippen molar-refractivity contribution in [3.63, 3.8) is 0 Å². The number of hydrogen-bond acceptors (Lipinski definition) is 5. The molecule has 0 saturated carbocycles. The summed E-state index contributed by atoms with van der Waals surface area (Å²) < 4.78 is 1.84. The lowest BCUT2D eigenvalue weighted by atomic mass is 9.96. The molecule has 1 aliphatic heterocycles. The Morgan fingerprint density at radius 1 is 1.39 bits per heavy atom. The topological polar surface area (TPSA) is 90.3 Å². The predicted octanol–water partition coefficient (Wildman–Crippen LogP) is 1.60. The highest BCUT2D eigenvalue weighted by Crippen LogP contribution is 2.25. The van der Waals surface area contributed by atoms with Gasteiger partial charge in [-0.1, -0.05) is 0 Å². The summed E-state index contributed by atoms with van der Waals surface area (Å²) in [5, 5.41) is 14.8. The van der Waals surface area contributed by atoms with E-state index in [0.29, 0.717) is 12.5 Å². The second-order valence-electron chi connectivity index (χ2n) is 7.25. The van der Waals surface area contributed by atoms with Crippen LogP contribution >= 0.6 is 24.0 Å². The number of hydrogen-bond donors (Lipinski definition) is 2. The summed E-state index contributed by atoms with van der Waals surface area (Å²) in [4.78, 5) is 13.8. The molecule has 1 unspecified atom stereocenters. The van der Waals surface area contributed by atoms with E-state index >= 15 is 0 Å². The Kier molecular flexibility index (Phi) is 8.67. The van der Waals surface area contributed by atoms with Gasteiger partial charge in [-0.15, -0.1) is 24.0 Å². The molecule has 9 nitrogen and oxygen atoms in total. The van der Waals surface area contributed by atoms with Gasteiger partial charge in [-0.2, -0.15) is 10.2 Å². The third-order valence-electron chi connectivity index (χ3n) is 5.10. The Hall–Kier alpha value is -1.69. The number of guanidine groups is 1. The summed E-state index contributed by atoms with van der Waals surface area (Å²) in [5.74, 6) is 2.45. The van der Waals surface area contributed by atoms with Gasteiger partial charge in [0.1, 0.15) is 12.2 Å². The lowest BCUT2D eigenvalue weighted by molar-refractivity contribution is 0.289. The Morgan fingerprint density at radius 3 is 2.68 bits per heavy atom. The Balaban J connectivity index is 0.00000280. The number of piperidine rings is 1. The molecule has 2 aromatic rings. The molecule has 1 fully saturated rings. The number of halogens is 1. The van der Waals surface area contributed by atoms with Gasteiger partial charge in [0, 0.05) is 44.4 Å². The summed E-state index contributed by atoms with van der Waals surface area (Å²) in [7, 11) is 6.12. The molecule has 28 heavy (non-hydrogen) atoms. The van der Waals surface area contributed by atoms with Gasteiger partial charge in [0.25, 0.3) is 0 Å². The Labute approximate surface area is 184 Å². The quantitative estimate of drug-likeness (QED) is 0.355. The molecule has 2 aromatic heterocycles. The normalized spacial score (nSPS) is 16.9.